The summed E-state index contributed by atoms with van der Waals surface area (Å²) >= 11 is 0. The van der Waals surface area contributed by atoms with Crippen molar-refractivity contribution in [2.24, 2.45) is 0 Å². The lowest BCUT2D eigenvalue weighted by Crippen LogP contribution is -2.29. The van der Waals surface area contributed by atoms with Crippen molar-refractivity contribution in [3.05, 3.63) is 62.2 Å². The van der Waals surface area contributed by atoms with Crippen LogP contribution in [0.2, 0.25) is 0 Å². The van der Waals surface area contributed by atoms with Crippen molar-refractivity contribution in [2.75, 3.05) is 18.9 Å². The van der Waals surface area contributed by atoms with E-state index in [1.165, 1.54) is 18.3 Å². The highest BCUT2D eigenvalue weighted by atomic mass is 31.3. The number of ether oxygens (including phenoxy) is 2. The first-order valence-corrected chi connectivity index (χ1v) is 15.8. The summed E-state index contributed by atoms with van der Waals surface area (Å²) in [4.78, 5) is 62.6. The number of aliphatic hydroxyl groups is 1. The van der Waals surface area contributed by atoms with Crippen molar-refractivity contribution >= 4 is 35.0 Å². The van der Waals surface area contributed by atoms with Crippen molar-refractivity contribution in [2.45, 2.75) is 37.9 Å². The van der Waals surface area contributed by atoms with Gasteiger partial charge in [0, 0.05) is 36.2 Å². The molecule has 0 spiro atoms. The van der Waals surface area contributed by atoms with Crippen molar-refractivity contribution in [3.8, 4) is 0 Å². The number of nitrogens with zero attached hydrogens (tertiary/aromatic N) is 3. The number of hydrogen-bond acceptors (Lipinski definition) is 14. The van der Waals surface area contributed by atoms with Crippen molar-refractivity contribution in [1.82, 2.24) is 9.55 Å². The monoisotopic (exact) mass is 646 g/mol. The average Bonchev–Trinajstić information content (AvgIpc) is 3.19. The molecule has 0 radical (unpaired) electrons. The Bertz CT molecular complexity index is 1460. The molecule has 3 rings (SSSR count). The van der Waals surface area contributed by atoms with Gasteiger partial charge in [-0.05, 0) is 0 Å². The Balaban J connectivity index is 1.60. The topological polar surface area (TPSA) is 303 Å². The summed E-state index contributed by atoms with van der Waals surface area (Å²) < 4.78 is 57.7. The van der Waals surface area contributed by atoms with Crippen LogP contribution < -0.4 is 11.4 Å². The molecule has 1 aliphatic rings. The van der Waals surface area contributed by atoms with Gasteiger partial charge in [-0.2, -0.15) is 13.6 Å². The molecule has 0 amide bonds. The van der Waals surface area contributed by atoms with E-state index in [4.69, 9.17) is 25.0 Å². The van der Waals surface area contributed by atoms with E-state index in [2.05, 4.69) is 18.1 Å². The number of para-hydroxylation sites is 1. The van der Waals surface area contributed by atoms with Crippen LogP contribution in [0.25, 0.3) is 0 Å². The first-order valence-electron chi connectivity index (χ1n) is 11.3. The van der Waals surface area contributed by atoms with Crippen LogP contribution in [0.5, 0.6) is 0 Å². The molecule has 1 aliphatic heterocycles. The molecule has 1 saturated heterocycles. The van der Waals surface area contributed by atoms with Crippen molar-refractivity contribution in [3.63, 3.8) is 0 Å². The van der Waals surface area contributed by atoms with Crippen LogP contribution in [0.3, 0.4) is 0 Å². The fourth-order valence-corrected chi connectivity index (χ4v) is 6.64. The van der Waals surface area contributed by atoms with Crippen molar-refractivity contribution in [1.29, 1.82) is 0 Å². The number of phosphoric acid groups is 3. The number of rotatable bonds is 14. The Labute approximate surface area is 229 Å². The van der Waals surface area contributed by atoms with E-state index in [-0.39, 0.29) is 43.1 Å². The van der Waals surface area contributed by atoms with Gasteiger partial charge in [0.2, 0.25) is 0 Å². The first kappa shape index (κ1) is 33.1. The quantitative estimate of drug-likeness (QED) is 0.0703. The summed E-state index contributed by atoms with van der Waals surface area (Å²) in [5.41, 5.74) is 5.55. The maximum atomic E-state index is 12.4. The molecule has 41 heavy (non-hydrogen) atoms. The highest BCUT2D eigenvalue weighted by Gasteiger charge is 2.43. The molecule has 0 aliphatic carbocycles. The molecule has 1 aromatic carbocycles. The van der Waals surface area contributed by atoms with Gasteiger partial charge < -0.3 is 39.9 Å². The van der Waals surface area contributed by atoms with Gasteiger partial charge in [0.15, 0.2) is 0 Å². The Hall–Kier alpha value is -2.41. The van der Waals surface area contributed by atoms with Gasteiger partial charge >= 0.3 is 29.2 Å². The fraction of sp³-hybridized carbons (Fsp3) is 0.444. The van der Waals surface area contributed by atoms with Crippen LogP contribution >= 0.6 is 23.5 Å². The molecule has 1 fully saturated rings. The summed E-state index contributed by atoms with van der Waals surface area (Å²) in [6.45, 7) is -1.02. The Morgan fingerprint density at radius 1 is 1.12 bits per heavy atom. The standard InChI is InChI=1S/C18H25N4O16P3/c19-17-12(9-34-6-5-11-3-1-2-4-13(11)22(25)26)8-21(18(24)20-17)16-7-14(23)15(36-16)10-35-40(30,31)38-41(32,33)37-39(27,28)29/h1-4,8,14-16,23H,5-7,9-10H2,(H,30,31)(H,32,33)(H2,19,20,24)(H2,27,28,29)/t14-,15+,16+/m0/s1. The van der Waals surface area contributed by atoms with Crippen LogP contribution in [0.4, 0.5) is 11.5 Å². The Morgan fingerprint density at radius 3 is 2.46 bits per heavy atom. The van der Waals surface area contributed by atoms with Crippen LogP contribution in [-0.2, 0) is 49.3 Å². The smallest absolute Gasteiger partial charge is 0.390 e. The molecule has 228 valence electrons. The number of aromatic nitrogens is 2. The predicted octanol–water partition coefficient (Wildman–Crippen LogP) is 0.485. The maximum absolute atomic E-state index is 12.4. The van der Waals surface area contributed by atoms with Crippen LogP contribution in [0.15, 0.2) is 35.3 Å². The third-order valence-electron chi connectivity index (χ3n) is 5.35. The third kappa shape index (κ3) is 9.83. The van der Waals surface area contributed by atoms with Gasteiger partial charge in [-0.3, -0.25) is 19.2 Å². The van der Waals surface area contributed by atoms with E-state index in [1.807, 2.05) is 0 Å². The summed E-state index contributed by atoms with van der Waals surface area (Å²) in [7, 11) is -16.8. The normalized spacial score (nSPS) is 22.2. The number of hydrogen-bond donors (Lipinski definition) is 6. The van der Waals surface area contributed by atoms with E-state index in [0.717, 1.165) is 4.57 Å². The molecular weight excluding hydrogens is 621 g/mol. The lowest BCUT2D eigenvalue weighted by Gasteiger charge is -2.19. The van der Waals surface area contributed by atoms with Gasteiger partial charge in [-0.25, -0.2) is 18.5 Å². The zero-order valence-corrected chi connectivity index (χ0v) is 23.3. The predicted molar refractivity (Wildman–Crippen MR) is 134 cm³/mol. The van der Waals surface area contributed by atoms with E-state index in [9.17, 15) is 43.5 Å². The van der Waals surface area contributed by atoms with E-state index >= 15 is 0 Å². The second-order valence-electron chi connectivity index (χ2n) is 8.35. The highest BCUT2D eigenvalue weighted by Crippen LogP contribution is 2.66. The lowest BCUT2D eigenvalue weighted by molar-refractivity contribution is -0.385. The Kier molecular flexibility index (Phi) is 10.7. The van der Waals surface area contributed by atoms with Crippen LogP contribution in [0, 0.1) is 10.1 Å². The molecule has 1 aromatic heterocycles. The number of nitrogen functional groups attached to an aromatic ring is 1. The number of benzene rings is 1. The molecular formula is C18H25N4O16P3. The number of nitro benzene ring substituents is 1. The SMILES string of the molecule is Nc1nc(=O)n([C@H]2C[C@H](O)[C@@H](COP(=O)(O)OP(=O)(O)OP(=O)(O)O)O2)cc1COCCc1ccccc1[N+](=O)[O-]. The minimum Gasteiger partial charge on any atom is -0.390 e. The number of aliphatic hydroxyl groups excluding tert-OH is 1. The van der Waals surface area contributed by atoms with Gasteiger partial charge in [-0.1, -0.05) is 18.2 Å². The number of anilines is 1. The Morgan fingerprint density at radius 2 is 1.80 bits per heavy atom. The van der Waals surface area contributed by atoms with E-state index < -0.39 is 59.1 Å². The minimum atomic E-state index is -5.74. The lowest BCUT2D eigenvalue weighted by atomic mass is 10.1. The molecule has 7 N–H and O–H groups in total. The largest absolute Gasteiger partial charge is 0.490 e. The molecule has 0 saturated carbocycles. The fourth-order valence-electron chi connectivity index (χ4n) is 3.61. The molecule has 2 aromatic rings. The molecule has 20 nitrogen and oxygen atoms in total. The molecule has 2 heterocycles. The van der Waals surface area contributed by atoms with Crippen molar-refractivity contribution < 1.29 is 65.9 Å². The third-order valence-corrected chi connectivity index (χ3v) is 9.16. The van der Waals surface area contributed by atoms with Gasteiger partial charge in [-0.15, -0.1) is 0 Å². The summed E-state index contributed by atoms with van der Waals surface area (Å²) in [6.07, 6.45) is -2.73. The highest BCUT2D eigenvalue weighted by molar-refractivity contribution is 7.66. The molecule has 5 atom stereocenters. The zero-order chi connectivity index (χ0) is 30.6. The first-order chi connectivity index (χ1) is 19.0. The van der Waals surface area contributed by atoms with Crippen LogP contribution in [0.1, 0.15) is 23.8 Å². The van der Waals surface area contributed by atoms with E-state index in [1.54, 1.807) is 12.1 Å². The van der Waals surface area contributed by atoms with Gasteiger partial charge in [0.05, 0.1) is 30.8 Å². The maximum Gasteiger partial charge on any atom is 0.490 e. The van der Waals surface area contributed by atoms with Crippen LogP contribution in [-0.4, -0.2) is 64.6 Å². The summed E-state index contributed by atoms with van der Waals surface area (Å²) in [6, 6.07) is 6.12. The average molecular weight is 646 g/mol. The minimum absolute atomic E-state index is 0.0603. The van der Waals surface area contributed by atoms with Gasteiger partial charge in [0.1, 0.15) is 18.1 Å². The summed E-state index contributed by atoms with van der Waals surface area (Å²) in [5.74, 6) is -0.167. The molecule has 2 unspecified atom stereocenters. The number of nitro groups is 1. The molecule has 23 heteroatoms. The molecule has 0 bridgehead atoms. The summed E-state index contributed by atoms with van der Waals surface area (Å²) in [5, 5.41) is 21.4. The number of phosphoric ester groups is 1. The number of nitrogens with two attached hydrogens (primary N) is 1. The van der Waals surface area contributed by atoms with E-state index in [0.29, 0.717) is 5.56 Å². The zero-order valence-electron chi connectivity index (χ0n) is 20.6. The van der Waals surface area contributed by atoms with Gasteiger partial charge in [0.25, 0.3) is 5.69 Å². The second kappa shape index (κ2) is 13.3. The second-order valence-corrected chi connectivity index (χ2v) is 12.8.